The third-order valence-electron chi connectivity index (χ3n) is 6.61. The molecule has 1 aromatic heterocycles. The quantitative estimate of drug-likeness (QED) is 0.608. The van der Waals surface area contributed by atoms with Crippen LogP contribution < -0.4 is 10.6 Å². The first-order valence-electron chi connectivity index (χ1n) is 11.9. The molecule has 176 valence electrons. The molecular weight excluding hydrogens is 433 g/mol. The molecule has 2 N–H and O–H groups in total. The highest BCUT2D eigenvalue weighted by atomic mass is 19.1. The Morgan fingerprint density at radius 2 is 1.65 bits per heavy atom. The number of carbonyl (C=O) groups excluding carboxylic acids is 2. The molecule has 5 rings (SSSR count). The first kappa shape index (κ1) is 22.1. The Bertz CT molecular complexity index is 1170. The number of likely N-dealkylation sites (tertiary alicyclic amines) is 1. The molecule has 8 heteroatoms. The van der Waals surface area contributed by atoms with Gasteiger partial charge in [-0.3, -0.25) is 4.79 Å². The Kier molecular flexibility index (Phi) is 6.29. The first-order valence-corrected chi connectivity index (χ1v) is 11.9. The summed E-state index contributed by atoms with van der Waals surface area (Å²) in [6.45, 7) is 1.15. The lowest BCUT2D eigenvalue weighted by Crippen LogP contribution is -2.47. The van der Waals surface area contributed by atoms with Gasteiger partial charge in [-0.05, 0) is 74.9 Å². The molecule has 34 heavy (non-hydrogen) atoms. The fourth-order valence-corrected chi connectivity index (χ4v) is 4.78. The number of amides is 3. The van der Waals surface area contributed by atoms with Crippen molar-refractivity contribution in [2.24, 2.45) is 0 Å². The second kappa shape index (κ2) is 9.67. The second-order valence-corrected chi connectivity index (χ2v) is 8.90. The number of halogens is 1. The van der Waals surface area contributed by atoms with Crippen molar-refractivity contribution in [1.29, 1.82) is 0 Å². The number of nitrogens with one attached hydrogen (secondary N) is 2. The van der Waals surface area contributed by atoms with Crippen LogP contribution in [0.5, 0.6) is 0 Å². The number of benzene rings is 2. The third kappa shape index (κ3) is 4.66. The lowest BCUT2D eigenvalue weighted by atomic mass is 9.95. The molecule has 0 radical (unpaired) electrons. The van der Waals surface area contributed by atoms with Crippen molar-refractivity contribution in [2.45, 2.75) is 44.6 Å². The Labute approximate surface area is 198 Å². The van der Waals surface area contributed by atoms with Gasteiger partial charge in [0.15, 0.2) is 5.69 Å². The van der Waals surface area contributed by atoms with Crippen molar-refractivity contribution >= 4 is 17.6 Å². The zero-order valence-corrected chi connectivity index (χ0v) is 19.0. The highest BCUT2D eigenvalue weighted by Crippen LogP contribution is 2.27. The molecule has 0 atom stereocenters. The molecule has 2 aliphatic rings. The molecule has 0 bridgehead atoms. The lowest BCUT2D eigenvalue weighted by molar-refractivity contribution is 0.0912. The van der Waals surface area contributed by atoms with Crippen LogP contribution in [-0.4, -0.2) is 45.8 Å². The summed E-state index contributed by atoms with van der Waals surface area (Å²) >= 11 is 0. The van der Waals surface area contributed by atoms with Gasteiger partial charge in [0.2, 0.25) is 0 Å². The van der Waals surface area contributed by atoms with Crippen molar-refractivity contribution in [1.82, 2.24) is 20.0 Å². The van der Waals surface area contributed by atoms with Crippen molar-refractivity contribution in [3.8, 4) is 5.69 Å². The number of para-hydroxylation sites is 1. The molecule has 3 amide bonds. The molecule has 1 saturated heterocycles. The SMILES string of the molecule is O=C(NC1CCN(C(=O)Nc2ccccc2)CC1)c1nn(-c2ccc(F)cc2)c2c1CCCC2. The fraction of sp³-hybridized carbons (Fsp3) is 0.346. The van der Waals surface area contributed by atoms with Crippen LogP contribution in [0.2, 0.25) is 0 Å². The first-order chi connectivity index (χ1) is 16.6. The molecule has 0 saturated carbocycles. The van der Waals surface area contributed by atoms with Crippen LogP contribution in [-0.2, 0) is 12.8 Å². The number of piperidine rings is 1. The van der Waals surface area contributed by atoms with E-state index < -0.39 is 0 Å². The van der Waals surface area contributed by atoms with E-state index in [1.807, 2.05) is 30.3 Å². The Hall–Kier alpha value is -3.68. The molecule has 0 unspecified atom stereocenters. The monoisotopic (exact) mass is 461 g/mol. The van der Waals surface area contributed by atoms with Gasteiger partial charge in [0, 0.05) is 36.1 Å². The molecule has 2 aromatic carbocycles. The van der Waals surface area contributed by atoms with Crippen LogP contribution in [0.4, 0.5) is 14.9 Å². The maximum absolute atomic E-state index is 13.4. The Morgan fingerprint density at radius 1 is 0.941 bits per heavy atom. The van der Waals surface area contributed by atoms with Gasteiger partial charge in [0.25, 0.3) is 5.91 Å². The Balaban J connectivity index is 1.24. The van der Waals surface area contributed by atoms with Gasteiger partial charge in [-0.1, -0.05) is 18.2 Å². The van der Waals surface area contributed by atoms with Crippen molar-refractivity contribution in [3.63, 3.8) is 0 Å². The van der Waals surface area contributed by atoms with Crippen LogP contribution in [0, 0.1) is 5.82 Å². The van der Waals surface area contributed by atoms with Crippen molar-refractivity contribution < 1.29 is 14.0 Å². The van der Waals surface area contributed by atoms with Crippen LogP contribution in [0.15, 0.2) is 54.6 Å². The maximum atomic E-state index is 13.4. The topological polar surface area (TPSA) is 79.3 Å². The van der Waals surface area contributed by atoms with E-state index in [1.54, 1.807) is 21.7 Å². The van der Waals surface area contributed by atoms with Crippen LogP contribution >= 0.6 is 0 Å². The summed E-state index contributed by atoms with van der Waals surface area (Å²) in [6.07, 6.45) is 5.12. The van der Waals surface area contributed by atoms with Gasteiger partial charge in [-0.25, -0.2) is 13.9 Å². The van der Waals surface area contributed by atoms with Gasteiger partial charge < -0.3 is 15.5 Å². The van der Waals surface area contributed by atoms with Gasteiger partial charge >= 0.3 is 6.03 Å². The number of hydrogen-bond acceptors (Lipinski definition) is 3. The number of aromatic nitrogens is 2. The summed E-state index contributed by atoms with van der Waals surface area (Å²) in [5.41, 5.74) is 4.02. The standard InChI is InChI=1S/C26H28FN5O2/c27-18-10-12-21(13-11-18)32-23-9-5-4-8-22(23)24(30-32)25(33)28-20-14-16-31(17-15-20)26(34)29-19-6-2-1-3-7-19/h1-3,6-7,10-13,20H,4-5,8-9,14-17H2,(H,28,33)(H,29,34). The molecular formula is C26H28FN5O2. The summed E-state index contributed by atoms with van der Waals surface area (Å²) in [5.74, 6) is -0.474. The highest BCUT2D eigenvalue weighted by Gasteiger charge is 2.29. The number of urea groups is 1. The number of hydrogen-bond donors (Lipinski definition) is 2. The normalized spacial score (nSPS) is 16.1. The summed E-state index contributed by atoms with van der Waals surface area (Å²) < 4.78 is 15.2. The smallest absolute Gasteiger partial charge is 0.321 e. The van der Waals surface area contributed by atoms with E-state index in [0.29, 0.717) is 31.6 Å². The van der Waals surface area contributed by atoms with Crippen molar-refractivity contribution in [3.05, 3.63) is 77.4 Å². The minimum Gasteiger partial charge on any atom is -0.348 e. The van der Waals surface area contributed by atoms with Crippen molar-refractivity contribution in [2.75, 3.05) is 18.4 Å². The zero-order chi connectivity index (χ0) is 23.5. The number of anilines is 1. The average Bonchev–Trinajstić information content (AvgIpc) is 3.25. The maximum Gasteiger partial charge on any atom is 0.321 e. The molecule has 2 heterocycles. The van der Waals surface area contributed by atoms with Crippen LogP contribution in [0.3, 0.4) is 0 Å². The number of carbonyl (C=O) groups is 2. The van der Waals surface area contributed by atoms with Gasteiger partial charge in [-0.2, -0.15) is 5.10 Å². The third-order valence-corrected chi connectivity index (χ3v) is 6.61. The summed E-state index contributed by atoms with van der Waals surface area (Å²) in [6, 6.07) is 15.5. The molecule has 7 nitrogen and oxygen atoms in total. The van der Waals surface area contributed by atoms with E-state index in [2.05, 4.69) is 15.7 Å². The predicted octanol–water partition coefficient (Wildman–Crippen LogP) is 4.32. The van der Waals surface area contributed by atoms with E-state index >= 15 is 0 Å². The van der Waals surface area contributed by atoms with E-state index in [9.17, 15) is 14.0 Å². The molecule has 1 aliphatic heterocycles. The van der Waals surface area contributed by atoms with E-state index in [1.165, 1.54) is 12.1 Å². The van der Waals surface area contributed by atoms with Gasteiger partial charge in [-0.15, -0.1) is 0 Å². The summed E-state index contributed by atoms with van der Waals surface area (Å²) in [4.78, 5) is 27.5. The highest BCUT2D eigenvalue weighted by molar-refractivity contribution is 5.94. The Morgan fingerprint density at radius 3 is 2.38 bits per heavy atom. The second-order valence-electron chi connectivity index (χ2n) is 8.90. The minimum atomic E-state index is -0.300. The van der Waals surface area contributed by atoms with Crippen LogP contribution in [0.1, 0.15) is 47.4 Å². The van der Waals surface area contributed by atoms with E-state index in [4.69, 9.17) is 0 Å². The fourth-order valence-electron chi connectivity index (χ4n) is 4.78. The molecule has 1 fully saturated rings. The number of rotatable bonds is 4. The summed E-state index contributed by atoms with van der Waals surface area (Å²) in [7, 11) is 0. The van der Waals surface area contributed by atoms with Crippen LogP contribution in [0.25, 0.3) is 5.69 Å². The molecule has 1 aliphatic carbocycles. The lowest BCUT2D eigenvalue weighted by Gasteiger charge is -2.32. The minimum absolute atomic E-state index is 0.0107. The van der Waals surface area contributed by atoms with Gasteiger partial charge in [0.05, 0.1) is 5.69 Å². The van der Waals surface area contributed by atoms with Gasteiger partial charge in [0.1, 0.15) is 5.82 Å². The number of nitrogens with zero attached hydrogens (tertiary/aromatic N) is 3. The van der Waals surface area contributed by atoms with E-state index in [-0.39, 0.29) is 23.8 Å². The molecule has 3 aromatic rings. The van der Waals surface area contributed by atoms with E-state index in [0.717, 1.165) is 48.3 Å². The largest absolute Gasteiger partial charge is 0.348 e. The average molecular weight is 462 g/mol. The molecule has 0 spiro atoms. The predicted molar refractivity (Wildman–Crippen MR) is 128 cm³/mol. The number of fused-ring (bicyclic) bond motifs is 1. The summed E-state index contributed by atoms with van der Waals surface area (Å²) in [5, 5.41) is 10.7. The zero-order valence-electron chi connectivity index (χ0n) is 19.0.